The van der Waals surface area contributed by atoms with Crippen molar-refractivity contribution in [1.82, 2.24) is 19.3 Å². The van der Waals surface area contributed by atoms with Crippen LogP contribution in [0.3, 0.4) is 0 Å². The Morgan fingerprint density at radius 3 is 2.40 bits per heavy atom. The average Bonchev–Trinajstić information content (AvgIpc) is 2.98. The molecule has 0 saturated heterocycles. The highest BCUT2D eigenvalue weighted by Crippen LogP contribution is 2.28. The van der Waals surface area contributed by atoms with E-state index in [9.17, 15) is 4.79 Å². The van der Waals surface area contributed by atoms with Crippen molar-refractivity contribution in [1.29, 1.82) is 0 Å². The van der Waals surface area contributed by atoms with Crippen molar-refractivity contribution in [2.45, 2.75) is 40.0 Å². The normalized spacial score (nSPS) is 11.8. The molecule has 3 heterocycles. The first kappa shape index (κ1) is 19.9. The van der Waals surface area contributed by atoms with Crippen LogP contribution in [0.15, 0.2) is 53.6 Å². The van der Waals surface area contributed by atoms with Crippen LogP contribution in [0.5, 0.6) is 5.75 Å². The van der Waals surface area contributed by atoms with Gasteiger partial charge in [-0.15, -0.1) is 0 Å². The van der Waals surface area contributed by atoms with Gasteiger partial charge in [0.1, 0.15) is 5.75 Å². The van der Waals surface area contributed by atoms with Gasteiger partial charge in [-0.05, 0) is 43.0 Å². The van der Waals surface area contributed by atoms with Gasteiger partial charge in [-0.25, -0.2) is 4.98 Å². The van der Waals surface area contributed by atoms with E-state index in [1.807, 2.05) is 56.4 Å². The average molecular weight is 402 g/mol. The lowest BCUT2D eigenvalue weighted by molar-refractivity contribution is 0.414. The second kappa shape index (κ2) is 7.13. The number of ether oxygens (including phenoxy) is 1. The summed E-state index contributed by atoms with van der Waals surface area (Å²) < 4.78 is 8.80. The third kappa shape index (κ3) is 3.18. The number of rotatable bonds is 3. The summed E-state index contributed by atoms with van der Waals surface area (Å²) in [5.41, 5.74) is 3.70. The number of fused-ring (bicyclic) bond motifs is 1. The fourth-order valence-corrected chi connectivity index (χ4v) is 3.82. The second-order valence-corrected chi connectivity index (χ2v) is 8.51. The van der Waals surface area contributed by atoms with E-state index < -0.39 is 0 Å². The molecule has 1 aromatic carbocycles. The van der Waals surface area contributed by atoms with Crippen LogP contribution in [0.25, 0.3) is 22.3 Å². The summed E-state index contributed by atoms with van der Waals surface area (Å²) in [4.78, 5) is 17.9. The summed E-state index contributed by atoms with van der Waals surface area (Å²) in [5.74, 6) is 1.28. The Bertz CT molecular complexity index is 1290. The van der Waals surface area contributed by atoms with Gasteiger partial charge < -0.3 is 9.30 Å². The molecule has 6 heteroatoms. The molecule has 0 spiro atoms. The van der Waals surface area contributed by atoms with Gasteiger partial charge >= 0.3 is 0 Å². The summed E-state index contributed by atoms with van der Waals surface area (Å²) in [6.07, 6.45) is 3.56. The van der Waals surface area contributed by atoms with E-state index in [-0.39, 0.29) is 11.0 Å². The maximum Gasteiger partial charge on any atom is 0.282 e. The molecule has 154 valence electrons. The summed E-state index contributed by atoms with van der Waals surface area (Å²) in [7, 11) is 1.64. The van der Waals surface area contributed by atoms with Crippen LogP contribution in [0.1, 0.15) is 37.7 Å². The van der Waals surface area contributed by atoms with Crippen LogP contribution in [-0.4, -0.2) is 26.4 Å². The second-order valence-electron chi connectivity index (χ2n) is 8.51. The number of benzene rings is 1. The fraction of sp³-hybridized carbons (Fsp3) is 0.292. The molecule has 0 aliphatic heterocycles. The molecule has 0 aliphatic rings. The van der Waals surface area contributed by atoms with Crippen molar-refractivity contribution in [3.05, 3.63) is 76.1 Å². The van der Waals surface area contributed by atoms with Gasteiger partial charge in [0, 0.05) is 34.7 Å². The number of aromatic nitrogens is 4. The Morgan fingerprint density at radius 2 is 1.77 bits per heavy atom. The van der Waals surface area contributed by atoms with E-state index in [0.717, 1.165) is 33.8 Å². The highest BCUT2D eigenvalue weighted by Gasteiger charge is 2.19. The third-order valence-corrected chi connectivity index (χ3v) is 5.54. The van der Waals surface area contributed by atoms with Crippen LogP contribution in [-0.2, 0) is 5.41 Å². The van der Waals surface area contributed by atoms with Gasteiger partial charge in [-0.1, -0.05) is 32.9 Å². The highest BCUT2D eigenvalue weighted by molar-refractivity contribution is 5.88. The Kier molecular flexibility index (Phi) is 4.73. The fourth-order valence-electron chi connectivity index (χ4n) is 3.82. The SMILES string of the molecule is COc1cccc(-n2c(C)c3cnn(-c4ccc(C(C)(C)C)cn4)c(=O)c3c2C)c1. The zero-order valence-corrected chi connectivity index (χ0v) is 18.2. The molecule has 0 amide bonds. The van der Waals surface area contributed by atoms with E-state index in [1.54, 1.807) is 13.3 Å². The zero-order chi connectivity index (χ0) is 21.6. The molecule has 0 N–H and O–H groups in total. The lowest BCUT2D eigenvalue weighted by atomic mass is 9.88. The number of methoxy groups -OCH3 is 1. The molecule has 0 fully saturated rings. The van der Waals surface area contributed by atoms with E-state index in [0.29, 0.717) is 11.2 Å². The Morgan fingerprint density at radius 1 is 1.00 bits per heavy atom. The van der Waals surface area contributed by atoms with Crippen molar-refractivity contribution in [3.63, 3.8) is 0 Å². The first-order valence-corrected chi connectivity index (χ1v) is 9.93. The van der Waals surface area contributed by atoms with Crippen LogP contribution >= 0.6 is 0 Å². The minimum Gasteiger partial charge on any atom is -0.497 e. The summed E-state index contributed by atoms with van der Waals surface area (Å²) in [6.45, 7) is 10.3. The molecule has 0 aliphatic carbocycles. The highest BCUT2D eigenvalue weighted by atomic mass is 16.5. The lowest BCUT2D eigenvalue weighted by Gasteiger charge is -2.18. The monoisotopic (exact) mass is 402 g/mol. The topological polar surface area (TPSA) is 61.9 Å². The molecule has 30 heavy (non-hydrogen) atoms. The number of hydrogen-bond donors (Lipinski definition) is 0. The van der Waals surface area contributed by atoms with Gasteiger partial charge in [0.15, 0.2) is 5.82 Å². The largest absolute Gasteiger partial charge is 0.497 e. The van der Waals surface area contributed by atoms with Crippen molar-refractivity contribution in [3.8, 4) is 17.3 Å². The molecule has 0 radical (unpaired) electrons. The molecule has 0 atom stereocenters. The van der Waals surface area contributed by atoms with E-state index in [4.69, 9.17) is 4.74 Å². The number of aryl methyl sites for hydroxylation is 2. The maximum absolute atomic E-state index is 13.4. The van der Waals surface area contributed by atoms with Gasteiger partial charge in [0.25, 0.3) is 5.56 Å². The summed E-state index contributed by atoms with van der Waals surface area (Å²) in [6, 6.07) is 11.6. The Hall–Kier alpha value is -3.41. The smallest absolute Gasteiger partial charge is 0.282 e. The molecular formula is C24H26N4O2. The zero-order valence-electron chi connectivity index (χ0n) is 18.2. The predicted molar refractivity (Wildman–Crippen MR) is 119 cm³/mol. The Balaban J connectivity index is 1.89. The Labute approximate surface area is 175 Å². The number of nitrogens with zero attached hydrogens (tertiary/aromatic N) is 4. The first-order chi connectivity index (χ1) is 14.2. The molecule has 3 aromatic heterocycles. The quantitative estimate of drug-likeness (QED) is 0.506. The van der Waals surface area contributed by atoms with Crippen LogP contribution < -0.4 is 10.3 Å². The van der Waals surface area contributed by atoms with Crippen LogP contribution in [0.4, 0.5) is 0 Å². The van der Waals surface area contributed by atoms with Crippen molar-refractivity contribution in [2.75, 3.05) is 7.11 Å². The van der Waals surface area contributed by atoms with Crippen molar-refractivity contribution in [2.24, 2.45) is 0 Å². The number of hydrogen-bond acceptors (Lipinski definition) is 4. The standard InChI is InChI=1S/C24H26N4O2/c1-15-20-14-26-28(21-11-10-17(13-25-21)24(3,4)5)23(29)22(20)16(2)27(15)18-8-7-9-19(12-18)30-6/h7-14H,1-6H3. The summed E-state index contributed by atoms with van der Waals surface area (Å²) >= 11 is 0. The minimum atomic E-state index is -0.175. The van der Waals surface area contributed by atoms with Crippen LogP contribution in [0, 0.1) is 13.8 Å². The first-order valence-electron chi connectivity index (χ1n) is 9.93. The minimum absolute atomic E-state index is 0.00443. The lowest BCUT2D eigenvalue weighted by Crippen LogP contribution is -2.22. The van der Waals surface area contributed by atoms with Gasteiger partial charge in [0.05, 0.1) is 18.7 Å². The molecule has 4 aromatic rings. The molecule has 0 bridgehead atoms. The molecule has 0 unspecified atom stereocenters. The van der Waals surface area contributed by atoms with Gasteiger partial charge in [-0.3, -0.25) is 4.79 Å². The van der Waals surface area contributed by atoms with Crippen molar-refractivity contribution < 1.29 is 4.74 Å². The number of pyridine rings is 1. The predicted octanol–water partition coefficient (Wildman–Crippen LogP) is 4.49. The molecule has 0 saturated carbocycles. The molecule has 4 rings (SSSR count). The third-order valence-electron chi connectivity index (χ3n) is 5.54. The maximum atomic E-state index is 13.4. The summed E-state index contributed by atoms with van der Waals surface area (Å²) in [5, 5.41) is 5.90. The van der Waals surface area contributed by atoms with Crippen LogP contribution in [0.2, 0.25) is 0 Å². The molecule has 6 nitrogen and oxygen atoms in total. The van der Waals surface area contributed by atoms with Gasteiger partial charge in [-0.2, -0.15) is 9.78 Å². The van der Waals surface area contributed by atoms with E-state index >= 15 is 0 Å². The van der Waals surface area contributed by atoms with Crippen molar-refractivity contribution >= 4 is 10.8 Å². The van der Waals surface area contributed by atoms with Gasteiger partial charge in [0.2, 0.25) is 0 Å². The molecular weight excluding hydrogens is 376 g/mol. The van der Waals surface area contributed by atoms with E-state index in [1.165, 1.54) is 4.68 Å². The van der Waals surface area contributed by atoms with E-state index in [2.05, 4.69) is 35.4 Å².